The molecule has 1 aromatic rings. The molecule has 0 bridgehead atoms. The van der Waals surface area contributed by atoms with Gasteiger partial charge in [-0.25, -0.2) is 4.39 Å². The minimum atomic E-state index is -0.438. The number of benzene rings is 1. The van der Waals surface area contributed by atoms with Gasteiger partial charge in [-0.3, -0.25) is 0 Å². The molecule has 4 heteroatoms. The zero-order valence-corrected chi connectivity index (χ0v) is 10.2. The summed E-state index contributed by atoms with van der Waals surface area (Å²) in [5.74, 6) is -0.271. The molecule has 0 aliphatic heterocycles. The molecule has 1 unspecified atom stereocenters. The Kier molecular flexibility index (Phi) is 5.22. The van der Waals surface area contributed by atoms with Crippen LogP contribution in [0.4, 0.5) is 4.39 Å². The molecule has 2 nitrogen and oxygen atoms in total. The molecule has 0 aliphatic rings. The van der Waals surface area contributed by atoms with Gasteiger partial charge in [0, 0.05) is 17.4 Å². The van der Waals surface area contributed by atoms with Crippen LogP contribution in [0, 0.1) is 5.82 Å². The van der Waals surface area contributed by atoms with Gasteiger partial charge in [0.2, 0.25) is 0 Å². The lowest BCUT2D eigenvalue weighted by Crippen LogP contribution is -2.28. The Balaban J connectivity index is 2.56. The lowest BCUT2D eigenvalue weighted by atomic mass is 10.1. The summed E-state index contributed by atoms with van der Waals surface area (Å²) in [5, 5.41) is 12.7. The standard InChI is InChI=1S/C11H15BrFNO/c1-2-14-7-10(15)5-8-3-4-9(13)6-11(8)12/h3-4,6,10,14-15H,2,5,7H2,1H3. The molecule has 0 heterocycles. The van der Waals surface area contributed by atoms with E-state index in [-0.39, 0.29) is 5.82 Å². The van der Waals surface area contributed by atoms with Gasteiger partial charge >= 0.3 is 0 Å². The molecular weight excluding hydrogens is 261 g/mol. The van der Waals surface area contributed by atoms with Crippen LogP contribution >= 0.6 is 15.9 Å². The number of nitrogens with one attached hydrogen (secondary N) is 1. The quantitative estimate of drug-likeness (QED) is 0.863. The average Bonchev–Trinajstić information content (AvgIpc) is 2.19. The first-order valence-corrected chi connectivity index (χ1v) is 5.75. The van der Waals surface area contributed by atoms with Gasteiger partial charge in [0.1, 0.15) is 5.82 Å². The van der Waals surface area contributed by atoms with Gasteiger partial charge in [0.25, 0.3) is 0 Å². The van der Waals surface area contributed by atoms with Gasteiger partial charge in [0.15, 0.2) is 0 Å². The number of hydrogen-bond acceptors (Lipinski definition) is 2. The summed E-state index contributed by atoms with van der Waals surface area (Å²) >= 11 is 3.27. The summed E-state index contributed by atoms with van der Waals surface area (Å²) < 4.78 is 13.5. The monoisotopic (exact) mass is 275 g/mol. The minimum Gasteiger partial charge on any atom is -0.391 e. The Morgan fingerprint density at radius 1 is 1.53 bits per heavy atom. The Labute approximate surface area is 97.6 Å². The van der Waals surface area contributed by atoms with Gasteiger partial charge in [-0.2, -0.15) is 0 Å². The van der Waals surface area contributed by atoms with E-state index in [0.717, 1.165) is 12.1 Å². The third-order valence-electron chi connectivity index (χ3n) is 2.10. The SMILES string of the molecule is CCNCC(O)Cc1ccc(F)cc1Br. The number of halogens is 2. The zero-order chi connectivity index (χ0) is 11.3. The van der Waals surface area contributed by atoms with Crippen LogP contribution in [-0.4, -0.2) is 24.3 Å². The lowest BCUT2D eigenvalue weighted by molar-refractivity contribution is 0.172. The van der Waals surface area contributed by atoms with Crippen LogP contribution in [0.1, 0.15) is 12.5 Å². The second-order valence-electron chi connectivity index (χ2n) is 3.40. The van der Waals surface area contributed by atoms with Crippen LogP contribution < -0.4 is 5.32 Å². The van der Waals surface area contributed by atoms with E-state index in [1.54, 1.807) is 6.07 Å². The molecular formula is C11H15BrFNO. The first-order chi connectivity index (χ1) is 7.13. The highest BCUT2D eigenvalue weighted by Gasteiger charge is 2.08. The molecule has 0 amide bonds. The van der Waals surface area contributed by atoms with E-state index in [2.05, 4.69) is 21.2 Å². The van der Waals surface area contributed by atoms with E-state index in [1.807, 2.05) is 6.92 Å². The summed E-state index contributed by atoms with van der Waals surface area (Å²) in [6.07, 6.45) is 0.0835. The van der Waals surface area contributed by atoms with Crippen molar-refractivity contribution in [3.8, 4) is 0 Å². The maximum absolute atomic E-state index is 12.8. The second-order valence-corrected chi connectivity index (χ2v) is 4.26. The number of aliphatic hydroxyl groups is 1. The fourth-order valence-electron chi connectivity index (χ4n) is 1.32. The van der Waals surface area contributed by atoms with Crippen molar-refractivity contribution in [1.29, 1.82) is 0 Å². The Morgan fingerprint density at radius 2 is 2.27 bits per heavy atom. The number of aliphatic hydroxyl groups excluding tert-OH is 1. The fourth-order valence-corrected chi connectivity index (χ4v) is 1.84. The largest absolute Gasteiger partial charge is 0.391 e. The van der Waals surface area contributed by atoms with Crippen molar-refractivity contribution in [3.63, 3.8) is 0 Å². The summed E-state index contributed by atoms with van der Waals surface area (Å²) in [6.45, 7) is 3.38. The lowest BCUT2D eigenvalue weighted by Gasteiger charge is -2.12. The molecule has 84 valence electrons. The molecule has 0 aliphatic carbocycles. The summed E-state index contributed by atoms with van der Waals surface area (Å²) in [7, 11) is 0. The highest BCUT2D eigenvalue weighted by Crippen LogP contribution is 2.19. The van der Waals surface area contributed by atoms with Crippen LogP contribution in [0.25, 0.3) is 0 Å². The molecule has 0 spiro atoms. The Bertz CT molecular complexity index is 319. The predicted octanol–water partition coefficient (Wildman–Crippen LogP) is 2.10. The van der Waals surface area contributed by atoms with Crippen molar-refractivity contribution < 1.29 is 9.50 Å². The molecule has 0 saturated carbocycles. The summed E-state index contributed by atoms with van der Waals surface area (Å²) in [4.78, 5) is 0. The third kappa shape index (κ3) is 4.28. The maximum atomic E-state index is 12.8. The molecule has 15 heavy (non-hydrogen) atoms. The van der Waals surface area contributed by atoms with Crippen LogP contribution in [0.5, 0.6) is 0 Å². The maximum Gasteiger partial charge on any atom is 0.124 e. The fraction of sp³-hybridized carbons (Fsp3) is 0.455. The van der Waals surface area contributed by atoms with Crippen LogP contribution in [-0.2, 0) is 6.42 Å². The first-order valence-electron chi connectivity index (χ1n) is 4.96. The van der Waals surface area contributed by atoms with Gasteiger partial charge in [0.05, 0.1) is 6.10 Å². The molecule has 0 radical (unpaired) electrons. The summed E-state index contributed by atoms with van der Waals surface area (Å²) in [6, 6.07) is 4.50. The van der Waals surface area contributed by atoms with Gasteiger partial charge in [-0.15, -0.1) is 0 Å². The van der Waals surface area contributed by atoms with Gasteiger partial charge in [-0.1, -0.05) is 28.9 Å². The molecule has 0 aromatic heterocycles. The summed E-state index contributed by atoms with van der Waals surface area (Å²) in [5.41, 5.74) is 0.918. The van der Waals surface area contributed by atoms with E-state index in [1.165, 1.54) is 12.1 Å². The molecule has 1 aromatic carbocycles. The molecule has 2 N–H and O–H groups in total. The van der Waals surface area contributed by atoms with Gasteiger partial charge < -0.3 is 10.4 Å². The Morgan fingerprint density at radius 3 is 2.87 bits per heavy atom. The van der Waals surface area contributed by atoms with Crippen molar-refractivity contribution >= 4 is 15.9 Å². The smallest absolute Gasteiger partial charge is 0.124 e. The van der Waals surface area contributed by atoms with E-state index >= 15 is 0 Å². The van der Waals surface area contributed by atoms with Gasteiger partial charge in [-0.05, 0) is 24.2 Å². The van der Waals surface area contributed by atoms with Crippen LogP contribution in [0.3, 0.4) is 0 Å². The first kappa shape index (κ1) is 12.6. The minimum absolute atomic E-state index is 0.271. The predicted molar refractivity (Wildman–Crippen MR) is 62.4 cm³/mol. The highest BCUT2D eigenvalue weighted by atomic mass is 79.9. The number of hydrogen-bond donors (Lipinski definition) is 2. The third-order valence-corrected chi connectivity index (χ3v) is 2.84. The topological polar surface area (TPSA) is 32.3 Å². The van der Waals surface area contributed by atoms with Crippen LogP contribution in [0.2, 0.25) is 0 Å². The van der Waals surface area contributed by atoms with E-state index < -0.39 is 6.10 Å². The highest BCUT2D eigenvalue weighted by molar-refractivity contribution is 9.10. The normalized spacial score (nSPS) is 12.8. The van der Waals surface area contributed by atoms with E-state index in [9.17, 15) is 9.50 Å². The molecule has 0 saturated heterocycles. The van der Waals surface area contributed by atoms with E-state index in [4.69, 9.17) is 0 Å². The zero-order valence-electron chi connectivity index (χ0n) is 8.63. The van der Waals surface area contributed by atoms with Crippen molar-refractivity contribution in [2.75, 3.05) is 13.1 Å². The van der Waals surface area contributed by atoms with Crippen LogP contribution in [0.15, 0.2) is 22.7 Å². The molecule has 1 atom stereocenters. The van der Waals surface area contributed by atoms with Crippen molar-refractivity contribution in [2.24, 2.45) is 0 Å². The number of rotatable bonds is 5. The second kappa shape index (κ2) is 6.20. The molecule has 1 rings (SSSR count). The van der Waals surface area contributed by atoms with Crippen molar-refractivity contribution in [3.05, 3.63) is 34.1 Å². The molecule has 0 fully saturated rings. The average molecular weight is 276 g/mol. The number of likely N-dealkylation sites (N-methyl/N-ethyl adjacent to an activating group) is 1. The van der Waals surface area contributed by atoms with E-state index in [0.29, 0.717) is 17.4 Å². The Hall–Kier alpha value is -0.450. The van der Waals surface area contributed by atoms with Crippen molar-refractivity contribution in [2.45, 2.75) is 19.4 Å². The van der Waals surface area contributed by atoms with Crippen molar-refractivity contribution in [1.82, 2.24) is 5.32 Å².